The number of anilines is 1. The lowest BCUT2D eigenvalue weighted by Crippen LogP contribution is -2.29. The highest BCUT2D eigenvalue weighted by Crippen LogP contribution is 2.22. The molecule has 0 radical (unpaired) electrons. The van der Waals surface area contributed by atoms with Crippen LogP contribution in [-0.4, -0.2) is 32.4 Å². The number of rotatable bonds is 5. The van der Waals surface area contributed by atoms with Crippen molar-refractivity contribution in [1.82, 2.24) is 9.78 Å². The molecule has 0 fully saturated rings. The Morgan fingerprint density at radius 1 is 1.21 bits per heavy atom. The lowest BCUT2D eigenvalue weighted by atomic mass is 10.0. The van der Waals surface area contributed by atoms with Crippen molar-refractivity contribution in [3.63, 3.8) is 0 Å². The highest BCUT2D eigenvalue weighted by atomic mass is 16.6. The molecular weight excluding hydrogens is 374 g/mol. The molecule has 1 aromatic heterocycles. The van der Waals surface area contributed by atoms with Crippen LogP contribution >= 0.6 is 0 Å². The fraction of sp³-hybridized carbons (Fsp3) is 0.150. The molecule has 1 aliphatic rings. The molecule has 0 aliphatic carbocycles. The van der Waals surface area contributed by atoms with Crippen molar-refractivity contribution in [2.24, 2.45) is 5.16 Å². The van der Waals surface area contributed by atoms with Crippen LogP contribution in [-0.2, 0) is 9.63 Å². The number of hydrogen-bond donors (Lipinski definition) is 1. The maximum Gasteiger partial charge on any atom is 0.269 e. The summed E-state index contributed by atoms with van der Waals surface area (Å²) in [4.78, 5) is 28.4. The van der Waals surface area contributed by atoms with E-state index in [-0.39, 0.29) is 11.6 Å². The van der Waals surface area contributed by atoms with Gasteiger partial charge in [-0.2, -0.15) is 5.10 Å². The standard InChI is InChI=1S/C20H17N5O4/c1-13-11-19(24(22-13)15-7-9-16(10-8-15)25(27)28)21-20(26)18-12-17(23-29-18)14-5-3-2-4-6-14/h2-11,18H,12H2,1H3,(H,21,26). The second-order valence-corrected chi connectivity index (χ2v) is 6.55. The van der Waals surface area contributed by atoms with E-state index >= 15 is 0 Å². The van der Waals surface area contributed by atoms with E-state index in [0.29, 0.717) is 29.3 Å². The first kappa shape index (κ1) is 18.4. The summed E-state index contributed by atoms with van der Waals surface area (Å²) >= 11 is 0. The average Bonchev–Trinajstić information content (AvgIpc) is 3.36. The molecule has 1 aliphatic heterocycles. The predicted octanol–water partition coefficient (Wildman–Crippen LogP) is 3.22. The van der Waals surface area contributed by atoms with E-state index < -0.39 is 11.0 Å². The van der Waals surface area contributed by atoms with Crippen molar-refractivity contribution >= 4 is 23.1 Å². The van der Waals surface area contributed by atoms with Gasteiger partial charge in [-0.1, -0.05) is 35.5 Å². The molecule has 0 saturated heterocycles. The maximum atomic E-state index is 12.7. The molecule has 29 heavy (non-hydrogen) atoms. The number of aryl methyl sites for hydroxylation is 1. The quantitative estimate of drug-likeness (QED) is 0.530. The summed E-state index contributed by atoms with van der Waals surface area (Å²) in [5, 5.41) is 22.0. The SMILES string of the molecule is Cc1cc(NC(=O)C2CC(c3ccccc3)=NO2)n(-c2ccc([N+](=O)[O-])cc2)n1. The number of nitro groups is 1. The van der Waals surface area contributed by atoms with Crippen molar-refractivity contribution in [3.05, 3.63) is 82.0 Å². The first-order chi connectivity index (χ1) is 14.0. The molecule has 9 heteroatoms. The first-order valence-electron chi connectivity index (χ1n) is 8.92. The summed E-state index contributed by atoms with van der Waals surface area (Å²) in [7, 11) is 0. The number of hydrogen-bond acceptors (Lipinski definition) is 6. The van der Waals surface area contributed by atoms with Gasteiger partial charge >= 0.3 is 0 Å². The van der Waals surface area contributed by atoms with Gasteiger partial charge in [-0.3, -0.25) is 14.9 Å². The number of benzene rings is 2. The topological polar surface area (TPSA) is 112 Å². The minimum absolute atomic E-state index is 0.0202. The zero-order valence-electron chi connectivity index (χ0n) is 15.5. The van der Waals surface area contributed by atoms with Crippen LogP contribution in [0, 0.1) is 17.0 Å². The monoisotopic (exact) mass is 391 g/mol. The number of oxime groups is 1. The van der Waals surface area contributed by atoms with E-state index in [9.17, 15) is 14.9 Å². The molecule has 1 amide bonds. The number of carbonyl (C=O) groups excluding carboxylic acids is 1. The molecular formula is C20H17N5O4. The zero-order valence-corrected chi connectivity index (χ0v) is 15.5. The van der Waals surface area contributed by atoms with Crippen molar-refractivity contribution in [3.8, 4) is 5.69 Å². The predicted molar refractivity (Wildman–Crippen MR) is 106 cm³/mol. The lowest BCUT2D eigenvalue weighted by molar-refractivity contribution is -0.384. The minimum Gasteiger partial charge on any atom is -0.382 e. The van der Waals surface area contributed by atoms with Gasteiger partial charge in [-0.05, 0) is 24.6 Å². The van der Waals surface area contributed by atoms with Crippen LogP contribution in [0.3, 0.4) is 0 Å². The van der Waals surface area contributed by atoms with Crippen LogP contribution in [0.25, 0.3) is 5.69 Å². The van der Waals surface area contributed by atoms with Crippen molar-refractivity contribution in [2.45, 2.75) is 19.4 Å². The van der Waals surface area contributed by atoms with Gasteiger partial charge in [0, 0.05) is 24.6 Å². The Balaban J connectivity index is 1.49. The lowest BCUT2D eigenvalue weighted by Gasteiger charge is -2.11. The number of aromatic nitrogens is 2. The Morgan fingerprint density at radius 2 is 1.93 bits per heavy atom. The van der Waals surface area contributed by atoms with E-state index in [1.165, 1.54) is 16.8 Å². The number of nitro benzene ring substituents is 1. The Kier molecular flexibility index (Phi) is 4.78. The van der Waals surface area contributed by atoms with Gasteiger partial charge in [-0.25, -0.2) is 4.68 Å². The number of carbonyl (C=O) groups is 1. The van der Waals surface area contributed by atoms with Crippen LogP contribution in [0.5, 0.6) is 0 Å². The first-order valence-corrected chi connectivity index (χ1v) is 8.92. The fourth-order valence-electron chi connectivity index (χ4n) is 3.03. The van der Waals surface area contributed by atoms with Gasteiger partial charge in [-0.15, -0.1) is 0 Å². The Hall–Kier alpha value is -4.01. The number of non-ortho nitro benzene ring substituents is 1. The molecule has 1 unspecified atom stereocenters. The molecule has 9 nitrogen and oxygen atoms in total. The van der Waals surface area contributed by atoms with Crippen molar-refractivity contribution < 1.29 is 14.6 Å². The molecule has 0 bridgehead atoms. The van der Waals surface area contributed by atoms with Crippen LogP contribution in [0.15, 0.2) is 65.8 Å². The van der Waals surface area contributed by atoms with Gasteiger partial charge in [0.05, 0.1) is 22.0 Å². The molecule has 2 heterocycles. The summed E-state index contributed by atoms with van der Waals surface area (Å²) in [6, 6.07) is 17.2. The maximum absolute atomic E-state index is 12.7. The fourth-order valence-corrected chi connectivity index (χ4v) is 3.03. The largest absolute Gasteiger partial charge is 0.382 e. The van der Waals surface area contributed by atoms with Gasteiger partial charge in [0.1, 0.15) is 5.82 Å². The molecule has 0 spiro atoms. The molecule has 1 atom stereocenters. The second-order valence-electron chi connectivity index (χ2n) is 6.55. The summed E-state index contributed by atoms with van der Waals surface area (Å²) in [6.07, 6.45) is -0.383. The Morgan fingerprint density at radius 3 is 2.62 bits per heavy atom. The molecule has 146 valence electrons. The highest BCUT2D eigenvalue weighted by Gasteiger charge is 2.29. The van der Waals surface area contributed by atoms with Gasteiger partial charge in [0.15, 0.2) is 0 Å². The van der Waals surface area contributed by atoms with Gasteiger partial charge in [0.2, 0.25) is 6.10 Å². The van der Waals surface area contributed by atoms with E-state index in [1.54, 1.807) is 25.1 Å². The van der Waals surface area contributed by atoms with Crippen LogP contribution in [0.1, 0.15) is 17.7 Å². The third-order valence-corrected chi connectivity index (χ3v) is 4.46. The smallest absolute Gasteiger partial charge is 0.269 e. The molecule has 2 aromatic carbocycles. The van der Waals surface area contributed by atoms with E-state index in [0.717, 1.165) is 5.56 Å². The minimum atomic E-state index is -0.745. The normalized spacial score (nSPS) is 15.5. The Labute approximate surface area is 165 Å². The third-order valence-electron chi connectivity index (χ3n) is 4.46. The highest BCUT2D eigenvalue weighted by molar-refractivity contribution is 6.06. The summed E-state index contributed by atoms with van der Waals surface area (Å²) in [5.41, 5.74) is 2.88. The number of amides is 1. The second kappa shape index (κ2) is 7.55. The van der Waals surface area contributed by atoms with Gasteiger partial charge < -0.3 is 10.2 Å². The Bertz CT molecular complexity index is 1090. The third kappa shape index (κ3) is 3.84. The van der Waals surface area contributed by atoms with E-state index in [1.807, 2.05) is 30.3 Å². The molecule has 0 saturated carbocycles. The summed E-state index contributed by atoms with van der Waals surface area (Å²) in [6.45, 7) is 1.79. The van der Waals surface area contributed by atoms with Crippen molar-refractivity contribution in [1.29, 1.82) is 0 Å². The van der Waals surface area contributed by atoms with Crippen LogP contribution in [0.4, 0.5) is 11.5 Å². The van der Waals surface area contributed by atoms with Crippen molar-refractivity contribution in [2.75, 3.05) is 5.32 Å². The molecule has 4 rings (SSSR count). The van der Waals surface area contributed by atoms with Crippen LogP contribution in [0.2, 0.25) is 0 Å². The van der Waals surface area contributed by atoms with E-state index in [4.69, 9.17) is 4.84 Å². The van der Waals surface area contributed by atoms with Crippen LogP contribution < -0.4 is 5.32 Å². The summed E-state index contributed by atoms with van der Waals surface area (Å²) in [5.74, 6) is 0.0980. The number of nitrogens with zero attached hydrogens (tertiary/aromatic N) is 4. The zero-order chi connectivity index (χ0) is 20.4. The summed E-state index contributed by atoms with van der Waals surface area (Å²) < 4.78 is 1.52. The van der Waals surface area contributed by atoms with E-state index in [2.05, 4.69) is 15.6 Å². The van der Waals surface area contributed by atoms with Gasteiger partial charge in [0.25, 0.3) is 11.6 Å². The average molecular weight is 391 g/mol. The molecule has 3 aromatic rings. The number of nitrogens with one attached hydrogen (secondary N) is 1. The molecule has 1 N–H and O–H groups in total.